The zero-order chi connectivity index (χ0) is 26.5. The van der Waals surface area contributed by atoms with Crippen LogP contribution in [-0.2, 0) is 16.6 Å². The van der Waals surface area contributed by atoms with Crippen molar-refractivity contribution in [3.05, 3.63) is 91.3 Å². The Morgan fingerprint density at radius 1 is 0.921 bits per heavy atom. The van der Waals surface area contributed by atoms with Crippen LogP contribution in [0, 0.1) is 0 Å². The minimum Gasteiger partial charge on any atom is -0.497 e. The minimum atomic E-state index is -3.67. The number of aromatic nitrogens is 3. The number of sulfonamides is 1. The van der Waals surface area contributed by atoms with Crippen LogP contribution in [0.3, 0.4) is 0 Å². The van der Waals surface area contributed by atoms with E-state index in [0.717, 1.165) is 40.1 Å². The molecule has 38 heavy (non-hydrogen) atoms. The summed E-state index contributed by atoms with van der Waals surface area (Å²) in [4.78, 5) is 4.69. The molecule has 0 radical (unpaired) electrons. The highest BCUT2D eigenvalue weighted by Crippen LogP contribution is 2.33. The van der Waals surface area contributed by atoms with E-state index >= 15 is 0 Å². The summed E-state index contributed by atoms with van der Waals surface area (Å²) in [6.45, 7) is 3.37. The first-order chi connectivity index (χ1) is 18.5. The van der Waals surface area contributed by atoms with Crippen molar-refractivity contribution < 1.29 is 13.2 Å². The Bertz CT molecular complexity index is 1680. The van der Waals surface area contributed by atoms with Crippen molar-refractivity contribution in [3.63, 3.8) is 0 Å². The smallest absolute Gasteiger partial charge is 0.241 e. The molecular formula is C29H29N5O3S. The maximum Gasteiger partial charge on any atom is 0.241 e. The molecule has 0 aliphatic rings. The Hall–Kier alpha value is -4.21. The molecular weight excluding hydrogens is 498 g/mol. The first-order valence-electron chi connectivity index (χ1n) is 12.4. The van der Waals surface area contributed by atoms with Gasteiger partial charge in [-0.3, -0.25) is 4.68 Å². The van der Waals surface area contributed by atoms with Crippen LogP contribution in [0.1, 0.15) is 6.92 Å². The molecule has 0 bridgehead atoms. The van der Waals surface area contributed by atoms with Gasteiger partial charge in [0.15, 0.2) is 0 Å². The highest BCUT2D eigenvalue weighted by molar-refractivity contribution is 7.89. The molecule has 5 aromatic rings. The van der Waals surface area contributed by atoms with Crippen molar-refractivity contribution in [2.24, 2.45) is 0 Å². The zero-order valence-electron chi connectivity index (χ0n) is 21.3. The summed E-state index contributed by atoms with van der Waals surface area (Å²) >= 11 is 0. The Labute approximate surface area is 222 Å². The molecule has 5 rings (SSSR count). The number of hydrogen-bond donors (Lipinski definition) is 2. The van der Waals surface area contributed by atoms with E-state index in [-0.39, 0.29) is 11.4 Å². The average molecular weight is 528 g/mol. The SMILES string of the molecule is CCn1cc(-c2ccnc(NCCNS(=O)(=O)c3cccc4ccccc34)c2)c(-c2cccc(OC)c2)n1. The number of fused-ring (bicyclic) bond motifs is 1. The quantitative estimate of drug-likeness (QED) is 0.243. The predicted octanol–water partition coefficient (Wildman–Crippen LogP) is 5.18. The van der Waals surface area contributed by atoms with Gasteiger partial charge in [-0.25, -0.2) is 18.1 Å². The molecule has 0 amide bonds. The van der Waals surface area contributed by atoms with Gasteiger partial charge in [-0.15, -0.1) is 0 Å². The largest absolute Gasteiger partial charge is 0.497 e. The third-order valence-corrected chi connectivity index (χ3v) is 7.78. The second kappa shape index (κ2) is 11.0. The number of nitrogens with zero attached hydrogens (tertiary/aromatic N) is 3. The number of ether oxygens (including phenoxy) is 1. The molecule has 0 spiro atoms. The van der Waals surface area contributed by atoms with Gasteiger partial charge in [-0.05, 0) is 48.2 Å². The molecule has 194 valence electrons. The molecule has 0 unspecified atom stereocenters. The Morgan fingerprint density at radius 2 is 1.74 bits per heavy atom. The van der Waals surface area contributed by atoms with Gasteiger partial charge in [0, 0.05) is 48.5 Å². The number of anilines is 1. The van der Waals surface area contributed by atoms with E-state index in [1.54, 1.807) is 25.4 Å². The number of aryl methyl sites for hydroxylation is 1. The van der Waals surface area contributed by atoms with Crippen molar-refractivity contribution in [2.75, 3.05) is 25.5 Å². The van der Waals surface area contributed by atoms with E-state index < -0.39 is 10.0 Å². The minimum absolute atomic E-state index is 0.209. The molecule has 3 aromatic carbocycles. The highest BCUT2D eigenvalue weighted by atomic mass is 32.2. The number of methoxy groups -OCH3 is 1. The highest BCUT2D eigenvalue weighted by Gasteiger charge is 2.17. The van der Waals surface area contributed by atoms with Gasteiger partial charge in [0.25, 0.3) is 0 Å². The summed E-state index contributed by atoms with van der Waals surface area (Å²) < 4.78 is 35.9. The third kappa shape index (κ3) is 5.39. The summed E-state index contributed by atoms with van der Waals surface area (Å²) in [7, 11) is -2.02. The second-order valence-corrected chi connectivity index (χ2v) is 10.4. The molecule has 0 atom stereocenters. The number of nitrogens with one attached hydrogen (secondary N) is 2. The molecule has 9 heteroatoms. The van der Waals surface area contributed by atoms with Crippen molar-refractivity contribution in [2.45, 2.75) is 18.4 Å². The average Bonchev–Trinajstić information content (AvgIpc) is 3.40. The van der Waals surface area contributed by atoms with E-state index in [4.69, 9.17) is 9.84 Å². The number of pyridine rings is 1. The number of rotatable bonds is 10. The van der Waals surface area contributed by atoms with E-state index in [1.165, 1.54) is 0 Å². The van der Waals surface area contributed by atoms with Crippen LogP contribution in [0.4, 0.5) is 5.82 Å². The van der Waals surface area contributed by atoms with Gasteiger partial charge in [0.05, 0.1) is 12.0 Å². The molecule has 2 aromatic heterocycles. The van der Waals surface area contributed by atoms with Crippen LogP contribution >= 0.6 is 0 Å². The topological polar surface area (TPSA) is 98.1 Å². The molecule has 0 aliphatic heterocycles. The van der Waals surface area contributed by atoms with Gasteiger partial charge in [0.2, 0.25) is 10.0 Å². The van der Waals surface area contributed by atoms with Crippen LogP contribution in [0.5, 0.6) is 5.75 Å². The molecule has 0 fully saturated rings. The molecule has 0 aliphatic carbocycles. The molecule has 0 saturated heterocycles. The maximum absolute atomic E-state index is 13.0. The summed E-state index contributed by atoms with van der Waals surface area (Å²) in [6, 6.07) is 24.4. The molecule has 2 heterocycles. The van der Waals surface area contributed by atoms with E-state index in [1.807, 2.05) is 84.5 Å². The lowest BCUT2D eigenvalue weighted by Crippen LogP contribution is -2.29. The van der Waals surface area contributed by atoms with E-state index in [9.17, 15) is 8.42 Å². The third-order valence-electron chi connectivity index (χ3n) is 6.26. The van der Waals surface area contributed by atoms with Crippen molar-refractivity contribution in [1.29, 1.82) is 0 Å². The fourth-order valence-electron chi connectivity index (χ4n) is 4.36. The van der Waals surface area contributed by atoms with Crippen LogP contribution < -0.4 is 14.8 Å². The van der Waals surface area contributed by atoms with E-state index in [0.29, 0.717) is 17.7 Å². The number of hydrogen-bond acceptors (Lipinski definition) is 6. The van der Waals surface area contributed by atoms with Gasteiger partial charge >= 0.3 is 0 Å². The molecule has 0 saturated carbocycles. The maximum atomic E-state index is 13.0. The van der Waals surface area contributed by atoms with Crippen molar-refractivity contribution in [1.82, 2.24) is 19.5 Å². The molecule has 2 N–H and O–H groups in total. The van der Waals surface area contributed by atoms with Gasteiger partial charge < -0.3 is 10.1 Å². The van der Waals surface area contributed by atoms with E-state index in [2.05, 4.69) is 15.0 Å². The van der Waals surface area contributed by atoms with Crippen molar-refractivity contribution in [3.8, 4) is 28.1 Å². The van der Waals surface area contributed by atoms with Crippen LogP contribution in [0.15, 0.2) is 96.2 Å². The van der Waals surface area contributed by atoms with Gasteiger partial charge in [-0.1, -0.05) is 48.5 Å². The molecule has 8 nitrogen and oxygen atoms in total. The predicted molar refractivity (Wildman–Crippen MR) is 151 cm³/mol. The van der Waals surface area contributed by atoms with Gasteiger partial charge in [-0.2, -0.15) is 5.10 Å². The lowest BCUT2D eigenvalue weighted by molar-refractivity contribution is 0.415. The normalized spacial score (nSPS) is 11.5. The Kier molecular flexibility index (Phi) is 7.39. The van der Waals surface area contributed by atoms with Crippen LogP contribution in [0.25, 0.3) is 33.2 Å². The van der Waals surface area contributed by atoms with Crippen LogP contribution in [-0.4, -0.2) is 43.4 Å². The standard InChI is InChI=1S/C29H29N5O3S/c1-3-34-20-26(29(33-34)23-10-6-11-24(18-23)37-2)22-14-15-30-28(19-22)31-16-17-32-38(35,36)27-13-7-9-21-8-4-5-12-25(21)27/h4-15,18-20,32H,3,16-17H2,1-2H3,(H,30,31). The summed E-state index contributed by atoms with van der Waals surface area (Å²) in [5.41, 5.74) is 3.74. The second-order valence-electron chi connectivity index (χ2n) is 8.71. The first-order valence-corrected chi connectivity index (χ1v) is 13.9. The summed E-state index contributed by atoms with van der Waals surface area (Å²) in [5, 5.41) is 9.59. The fourth-order valence-corrected chi connectivity index (χ4v) is 5.62. The Balaban J connectivity index is 1.30. The lowest BCUT2D eigenvalue weighted by Gasteiger charge is -2.11. The summed E-state index contributed by atoms with van der Waals surface area (Å²) in [5.74, 6) is 1.41. The van der Waals surface area contributed by atoms with Crippen molar-refractivity contribution >= 4 is 26.6 Å². The fraction of sp³-hybridized carbons (Fsp3) is 0.172. The monoisotopic (exact) mass is 527 g/mol. The lowest BCUT2D eigenvalue weighted by atomic mass is 10.0. The number of benzene rings is 3. The summed E-state index contributed by atoms with van der Waals surface area (Å²) in [6.07, 6.45) is 3.75. The zero-order valence-corrected chi connectivity index (χ0v) is 22.1. The Morgan fingerprint density at radius 3 is 2.58 bits per heavy atom. The first kappa shape index (κ1) is 25.4. The van der Waals surface area contributed by atoms with Gasteiger partial charge in [0.1, 0.15) is 17.3 Å². The van der Waals surface area contributed by atoms with Crippen LogP contribution in [0.2, 0.25) is 0 Å².